The molecule has 1 aromatic carbocycles. The van der Waals surface area contributed by atoms with Gasteiger partial charge in [-0.15, -0.1) is 0 Å². The highest BCUT2D eigenvalue weighted by Gasteiger charge is 2.22. The Bertz CT molecular complexity index is 580. The van der Waals surface area contributed by atoms with Crippen molar-refractivity contribution in [2.45, 2.75) is 38.5 Å². The first kappa shape index (κ1) is 14.1. The van der Waals surface area contributed by atoms with E-state index >= 15 is 0 Å². The highest BCUT2D eigenvalue weighted by molar-refractivity contribution is 5.41. The lowest BCUT2D eigenvalue weighted by Gasteiger charge is -2.34. The zero-order valence-corrected chi connectivity index (χ0v) is 12.9. The minimum absolute atomic E-state index is 0.446. The summed E-state index contributed by atoms with van der Waals surface area (Å²) in [6, 6.07) is 13.0. The second-order valence-electron chi connectivity index (χ2n) is 6.15. The fraction of sp³-hybridized carbons (Fsp3) is 0.444. The summed E-state index contributed by atoms with van der Waals surface area (Å²) in [6.45, 7) is 6.50. The van der Waals surface area contributed by atoms with Crippen molar-refractivity contribution in [3.63, 3.8) is 0 Å². The molecule has 21 heavy (non-hydrogen) atoms. The molecule has 0 saturated carbocycles. The van der Waals surface area contributed by atoms with Crippen LogP contribution in [0.3, 0.4) is 0 Å². The SMILES string of the molecule is CC(C)c1cc(N2CCCC(c3ccccc3)C2)ncn1. The number of anilines is 1. The molecule has 1 fully saturated rings. The number of piperidine rings is 1. The summed E-state index contributed by atoms with van der Waals surface area (Å²) in [6.07, 6.45) is 4.19. The van der Waals surface area contributed by atoms with Gasteiger partial charge in [0.05, 0.1) is 0 Å². The third-order valence-electron chi connectivity index (χ3n) is 4.28. The van der Waals surface area contributed by atoms with E-state index in [1.54, 1.807) is 6.33 Å². The standard InChI is InChI=1S/C18H23N3/c1-14(2)17-11-18(20-13-19-17)21-10-6-9-16(12-21)15-7-4-3-5-8-15/h3-5,7-8,11,13-14,16H,6,9-10,12H2,1-2H3. The summed E-state index contributed by atoms with van der Waals surface area (Å²) >= 11 is 0. The van der Waals surface area contributed by atoms with Crippen LogP contribution in [0.1, 0.15) is 49.8 Å². The third kappa shape index (κ3) is 3.23. The maximum Gasteiger partial charge on any atom is 0.132 e. The van der Waals surface area contributed by atoms with Gasteiger partial charge in [0.25, 0.3) is 0 Å². The molecular formula is C18H23N3. The van der Waals surface area contributed by atoms with Gasteiger partial charge < -0.3 is 4.90 Å². The Labute approximate surface area is 127 Å². The number of hydrogen-bond donors (Lipinski definition) is 0. The lowest BCUT2D eigenvalue weighted by Crippen LogP contribution is -2.35. The quantitative estimate of drug-likeness (QED) is 0.852. The lowest BCUT2D eigenvalue weighted by atomic mass is 9.90. The van der Waals surface area contributed by atoms with E-state index < -0.39 is 0 Å². The van der Waals surface area contributed by atoms with Crippen molar-refractivity contribution in [1.29, 1.82) is 0 Å². The summed E-state index contributed by atoms with van der Waals surface area (Å²) in [7, 11) is 0. The van der Waals surface area contributed by atoms with Gasteiger partial charge in [0.1, 0.15) is 12.1 Å². The van der Waals surface area contributed by atoms with Gasteiger partial charge in [-0.1, -0.05) is 44.2 Å². The fourth-order valence-electron chi connectivity index (χ4n) is 3.03. The Balaban J connectivity index is 1.78. The van der Waals surface area contributed by atoms with Crippen molar-refractivity contribution in [2.75, 3.05) is 18.0 Å². The van der Waals surface area contributed by atoms with Crippen LogP contribution in [0.2, 0.25) is 0 Å². The highest BCUT2D eigenvalue weighted by atomic mass is 15.2. The molecule has 1 aliphatic heterocycles. The number of benzene rings is 1. The molecule has 0 radical (unpaired) electrons. The Morgan fingerprint density at radius 3 is 2.71 bits per heavy atom. The van der Waals surface area contributed by atoms with Crippen LogP contribution in [0.5, 0.6) is 0 Å². The van der Waals surface area contributed by atoms with Gasteiger partial charge in [-0.2, -0.15) is 0 Å². The van der Waals surface area contributed by atoms with Crippen molar-refractivity contribution in [1.82, 2.24) is 9.97 Å². The van der Waals surface area contributed by atoms with E-state index in [0.29, 0.717) is 11.8 Å². The molecule has 0 aliphatic carbocycles. The topological polar surface area (TPSA) is 29.0 Å². The van der Waals surface area contributed by atoms with E-state index in [-0.39, 0.29) is 0 Å². The molecule has 0 N–H and O–H groups in total. The minimum atomic E-state index is 0.446. The van der Waals surface area contributed by atoms with Gasteiger partial charge in [-0.05, 0) is 24.3 Å². The largest absolute Gasteiger partial charge is 0.356 e. The summed E-state index contributed by atoms with van der Waals surface area (Å²) in [5, 5.41) is 0. The van der Waals surface area contributed by atoms with E-state index in [0.717, 1.165) is 24.6 Å². The number of aromatic nitrogens is 2. The van der Waals surface area contributed by atoms with Gasteiger partial charge in [0, 0.05) is 30.8 Å². The minimum Gasteiger partial charge on any atom is -0.356 e. The number of rotatable bonds is 3. The van der Waals surface area contributed by atoms with E-state index in [4.69, 9.17) is 0 Å². The van der Waals surface area contributed by atoms with E-state index in [9.17, 15) is 0 Å². The summed E-state index contributed by atoms with van der Waals surface area (Å²) in [5.74, 6) is 2.13. The predicted molar refractivity (Wildman–Crippen MR) is 86.8 cm³/mol. The molecule has 1 saturated heterocycles. The van der Waals surface area contributed by atoms with E-state index in [1.807, 2.05) is 0 Å². The molecule has 3 nitrogen and oxygen atoms in total. The van der Waals surface area contributed by atoms with Crippen molar-refractivity contribution < 1.29 is 0 Å². The summed E-state index contributed by atoms with van der Waals surface area (Å²) < 4.78 is 0. The molecule has 0 spiro atoms. The fourth-order valence-corrected chi connectivity index (χ4v) is 3.03. The van der Waals surface area contributed by atoms with Crippen LogP contribution in [0.15, 0.2) is 42.7 Å². The normalized spacial score (nSPS) is 19.0. The Kier molecular flexibility index (Phi) is 4.18. The van der Waals surface area contributed by atoms with Crippen LogP contribution in [-0.4, -0.2) is 23.1 Å². The van der Waals surface area contributed by atoms with Gasteiger partial charge in [-0.25, -0.2) is 9.97 Å². The van der Waals surface area contributed by atoms with Gasteiger partial charge in [-0.3, -0.25) is 0 Å². The molecular weight excluding hydrogens is 258 g/mol. The van der Waals surface area contributed by atoms with Crippen LogP contribution < -0.4 is 4.90 Å². The van der Waals surface area contributed by atoms with Crippen molar-refractivity contribution >= 4 is 5.82 Å². The molecule has 0 amide bonds. The molecule has 3 rings (SSSR count). The first-order valence-electron chi connectivity index (χ1n) is 7.86. The maximum atomic E-state index is 4.49. The van der Waals surface area contributed by atoms with Gasteiger partial charge in [0.15, 0.2) is 0 Å². The molecule has 0 bridgehead atoms. The summed E-state index contributed by atoms with van der Waals surface area (Å²) in [4.78, 5) is 11.3. The molecule has 1 aromatic heterocycles. The van der Waals surface area contributed by atoms with E-state index in [2.05, 4.69) is 65.1 Å². The monoisotopic (exact) mass is 281 g/mol. The third-order valence-corrected chi connectivity index (χ3v) is 4.28. The Morgan fingerprint density at radius 1 is 1.14 bits per heavy atom. The Hall–Kier alpha value is -1.90. The average molecular weight is 281 g/mol. The van der Waals surface area contributed by atoms with Crippen LogP contribution in [0.25, 0.3) is 0 Å². The molecule has 1 aliphatic rings. The highest BCUT2D eigenvalue weighted by Crippen LogP contribution is 2.29. The summed E-state index contributed by atoms with van der Waals surface area (Å²) in [5.41, 5.74) is 2.57. The first-order valence-corrected chi connectivity index (χ1v) is 7.86. The number of nitrogens with zero attached hydrogens (tertiary/aromatic N) is 3. The van der Waals surface area contributed by atoms with Crippen molar-refractivity contribution in [3.8, 4) is 0 Å². The molecule has 1 atom stereocenters. The average Bonchev–Trinajstić information content (AvgIpc) is 2.56. The van der Waals surface area contributed by atoms with Crippen LogP contribution in [0, 0.1) is 0 Å². The van der Waals surface area contributed by atoms with Gasteiger partial charge >= 0.3 is 0 Å². The van der Waals surface area contributed by atoms with Crippen molar-refractivity contribution in [2.24, 2.45) is 0 Å². The van der Waals surface area contributed by atoms with E-state index in [1.165, 1.54) is 18.4 Å². The molecule has 3 heteroatoms. The lowest BCUT2D eigenvalue weighted by molar-refractivity contribution is 0.506. The molecule has 2 heterocycles. The smallest absolute Gasteiger partial charge is 0.132 e. The molecule has 1 unspecified atom stereocenters. The Morgan fingerprint density at radius 2 is 1.95 bits per heavy atom. The zero-order chi connectivity index (χ0) is 14.7. The number of hydrogen-bond acceptors (Lipinski definition) is 3. The predicted octanol–water partition coefficient (Wildman–Crippen LogP) is 3.98. The molecule has 2 aromatic rings. The van der Waals surface area contributed by atoms with Crippen LogP contribution in [0.4, 0.5) is 5.82 Å². The molecule has 110 valence electrons. The second-order valence-corrected chi connectivity index (χ2v) is 6.15. The van der Waals surface area contributed by atoms with Gasteiger partial charge in [0.2, 0.25) is 0 Å². The van der Waals surface area contributed by atoms with Crippen LogP contribution >= 0.6 is 0 Å². The second kappa shape index (κ2) is 6.25. The maximum absolute atomic E-state index is 4.49. The first-order chi connectivity index (χ1) is 10.2. The van der Waals surface area contributed by atoms with Crippen LogP contribution in [-0.2, 0) is 0 Å². The van der Waals surface area contributed by atoms with Crippen molar-refractivity contribution in [3.05, 3.63) is 54.0 Å². The zero-order valence-electron chi connectivity index (χ0n) is 12.9.